The zero-order valence-electron chi connectivity index (χ0n) is 9.54. The van der Waals surface area contributed by atoms with E-state index in [-0.39, 0.29) is 6.61 Å². The van der Waals surface area contributed by atoms with Gasteiger partial charge in [-0.3, -0.25) is 0 Å². The lowest BCUT2D eigenvalue weighted by Crippen LogP contribution is -2.06. The number of aliphatic hydroxyl groups is 1. The number of nitrogens with zero attached hydrogens (tertiary/aromatic N) is 3. The molecule has 2 heterocycles. The summed E-state index contributed by atoms with van der Waals surface area (Å²) in [5, 5.41) is 16.1. The standard InChI is InChI=1S/C11H16N4OS/c16-7-3-8-17-9-5-12-11-13-10-4-1-2-6-15(10)14-11/h1-2,4,6,16H,3,5,7-9H2,(H,12,14). The van der Waals surface area contributed by atoms with E-state index in [4.69, 9.17) is 5.11 Å². The molecule has 5 nitrogen and oxygen atoms in total. The van der Waals surface area contributed by atoms with E-state index < -0.39 is 0 Å². The second-order valence-corrected chi connectivity index (χ2v) is 4.78. The largest absolute Gasteiger partial charge is 0.396 e. The molecular formula is C11H16N4OS. The molecule has 0 saturated heterocycles. The molecule has 0 aromatic carbocycles. The molecule has 0 unspecified atom stereocenters. The molecule has 2 rings (SSSR count). The van der Waals surface area contributed by atoms with Crippen LogP contribution in [0.2, 0.25) is 0 Å². The average Bonchev–Trinajstić information content (AvgIpc) is 2.76. The second-order valence-electron chi connectivity index (χ2n) is 3.56. The van der Waals surface area contributed by atoms with Crippen LogP contribution in [0.5, 0.6) is 0 Å². The van der Waals surface area contributed by atoms with Crippen LogP contribution in [0, 0.1) is 0 Å². The van der Waals surface area contributed by atoms with Crippen LogP contribution >= 0.6 is 11.8 Å². The summed E-state index contributed by atoms with van der Waals surface area (Å²) >= 11 is 1.82. The second kappa shape index (κ2) is 6.46. The molecule has 0 spiro atoms. The van der Waals surface area contributed by atoms with Gasteiger partial charge in [0.25, 0.3) is 0 Å². The maximum absolute atomic E-state index is 8.63. The van der Waals surface area contributed by atoms with E-state index in [1.807, 2.05) is 36.2 Å². The lowest BCUT2D eigenvalue weighted by atomic mass is 10.5. The van der Waals surface area contributed by atoms with Gasteiger partial charge in [0, 0.05) is 25.1 Å². The minimum atomic E-state index is 0.272. The minimum Gasteiger partial charge on any atom is -0.396 e. The first-order valence-electron chi connectivity index (χ1n) is 5.64. The number of thioether (sulfide) groups is 1. The summed E-state index contributed by atoms with van der Waals surface area (Å²) in [6, 6.07) is 5.79. The fourth-order valence-corrected chi connectivity index (χ4v) is 2.19. The Morgan fingerprint density at radius 3 is 3.12 bits per heavy atom. The van der Waals surface area contributed by atoms with Crippen LogP contribution in [0.25, 0.3) is 5.65 Å². The number of fused-ring (bicyclic) bond motifs is 1. The lowest BCUT2D eigenvalue weighted by molar-refractivity contribution is 0.296. The highest BCUT2D eigenvalue weighted by atomic mass is 32.2. The van der Waals surface area contributed by atoms with E-state index in [1.54, 1.807) is 4.52 Å². The predicted octanol–water partition coefficient (Wildman–Crippen LogP) is 1.26. The van der Waals surface area contributed by atoms with Gasteiger partial charge in [0.05, 0.1) is 0 Å². The summed E-state index contributed by atoms with van der Waals surface area (Å²) in [5.74, 6) is 2.66. The van der Waals surface area contributed by atoms with Crippen molar-refractivity contribution in [3.05, 3.63) is 24.4 Å². The van der Waals surface area contributed by atoms with Crippen LogP contribution < -0.4 is 5.32 Å². The van der Waals surface area contributed by atoms with Gasteiger partial charge < -0.3 is 10.4 Å². The van der Waals surface area contributed by atoms with Gasteiger partial charge in [-0.15, -0.1) is 5.10 Å². The third-order valence-corrected chi connectivity index (χ3v) is 3.29. The zero-order chi connectivity index (χ0) is 11.9. The fraction of sp³-hybridized carbons (Fsp3) is 0.455. The Morgan fingerprint density at radius 2 is 2.29 bits per heavy atom. The summed E-state index contributed by atoms with van der Waals surface area (Å²) < 4.78 is 1.75. The average molecular weight is 252 g/mol. The molecule has 17 heavy (non-hydrogen) atoms. The highest BCUT2D eigenvalue weighted by Gasteiger charge is 2.00. The Morgan fingerprint density at radius 1 is 1.35 bits per heavy atom. The fourth-order valence-electron chi connectivity index (χ4n) is 1.41. The van der Waals surface area contributed by atoms with Crippen LogP contribution in [-0.4, -0.2) is 44.4 Å². The van der Waals surface area contributed by atoms with E-state index in [9.17, 15) is 0 Å². The van der Waals surface area contributed by atoms with Gasteiger partial charge in [-0.1, -0.05) is 6.07 Å². The number of pyridine rings is 1. The Hall–Kier alpha value is -1.27. The van der Waals surface area contributed by atoms with Crippen molar-refractivity contribution in [3.8, 4) is 0 Å². The number of rotatable bonds is 7. The summed E-state index contributed by atoms with van der Waals surface area (Å²) in [6.07, 6.45) is 2.74. The van der Waals surface area contributed by atoms with E-state index in [0.29, 0.717) is 5.95 Å². The van der Waals surface area contributed by atoms with Gasteiger partial charge in [0.2, 0.25) is 5.95 Å². The van der Waals surface area contributed by atoms with Crippen molar-refractivity contribution >= 4 is 23.4 Å². The summed E-state index contributed by atoms with van der Waals surface area (Å²) in [7, 11) is 0. The first kappa shape index (κ1) is 12.2. The maximum atomic E-state index is 8.63. The summed E-state index contributed by atoms with van der Waals surface area (Å²) in [4.78, 5) is 4.34. The number of aliphatic hydroxyl groups excluding tert-OH is 1. The third-order valence-electron chi connectivity index (χ3n) is 2.22. The number of aromatic nitrogens is 3. The molecule has 0 fully saturated rings. The smallest absolute Gasteiger partial charge is 0.243 e. The van der Waals surface area contributed by atoms with Crippen LogP contribution in [0.1, 0.15) is 6.42 Å². The highest BCUT2D eigenvalue weighted by molar-refractivity contribution is 7.99. The monoisotopic (exact) mass is 252 g/mol. The third kappa shape index (κ3) is 3.61. The van der Waals surface area contributed by atoms with Gasteiger partial charge in [-0.2, -0.15) is 16.7 Å². The molecule has 0 saturated carbocycles. The number of anilines is 1. The van der Waals surface area contributed by atoms with E-state index in [2.05, 4.69) is 15.4 Å². The van der Waals surface area contributed by atoms with Gasteiger partial charge in [-0.25, -0.2) is 4.52 Å². The van der Waals surface area contributed by atoms with Gasteiger partial charge in [0.1, 0.15) is 0 Å². The van der Waals surface area contributed by atoms with Crippen molar-refractivity contribution in [1.29, 1.82) is 0 Å². The first-order valence-corrected chi connectivity index (χ1v) is 6.79. The Balaban J connectivity index is 1.75. The molecule has 2 aromatic heterocycles. The van der Waals surface area contributed by atoms with Crippen molar-refractivity contribution in [1.82, 2.24) is 14.6 Å². The van der Waals surface area contributed by atoms with Crippen molar-refractivity contribution in [3.63, 3.8) is 0 Å². The normalized spacial score (nSPS) is 10.9. The van der Waals surface area contributed by atoms with Gasteiger partial charge >= 0.3 is 0 Å². The molecule has 0 amide bonds. The highest BCUT2D eigenvalue weighted by Crippen LogP contribution is 2.05. The van der Waals surface area contributed by atoms with E-state index in [0.717, 1.165) is 30.1 Å². The SMILES string of the molecule is OCCCSCCNc1nc2ccccn2n1. The van der Waals surface area contributed by atoms with Crippen molar-refractivity contribution in [2.45, 2.75) is 6.42 Å². The van der Waals surface area contributed by atoms with Crippen molar-refractivity contribution < 1.29 is 5.11 Å². The molecule has 6 heteroatoms. The van der Waals surface area contributed by atoms with Gasteiger partial charge in [-0.05, 0) is 24.3 Å². The van der Waals surface area contributed by atoms with E-state index >= 15 is 0 Å². The number of hydrogen-bond acceptors (Lipinski definition) is 5. The van der Waals surface area contributed by atoms with Crippen LogP contribution in [-0.2, 0) is 0 Å². The molecule has 0 aliphatic carbocycles. The summed E-state index contributed by atoms with van der Waals surface area (Å²) in [5.41, 5.74) is 0.850. The molecule has 2 aromatic rings. The maximum Gasteiger partial charge on any atom is 0.243 e. The van der Waals surface area contributed by atoms with Crippen LogP contribution in [0.15, 0.2) is 24.4 Å². The van der Waals surface area contributed by atoms with E-state index in [1.165, 1.54) is 0 Å². The molecule has 0 radical (unpaired) electrons. The Bertz CT molecular complexity index is 426. The van der Waals surface area contributed by atoms with Crippen LogP contribution in [0.4, 0.5) is 5.95 Å². The van der Waals surface area contributed by atoms with Crippen molar-refractivity contribution in [2.24, 2.45) is 0 Å². The molecule has 92 valence electrons. The first-order chi connectivity index (χ1) is 8.40. The van der Waals surface area contributed by atoms with Gasteiger partial charge in [0.15, 0.2) is 5.65 Å². The molecule has 0 aliphatic rings. The number of hydrogen-bond donors (Lipinski definition) is 2. The molecule has 0 bridgehead atoms. The lowest BCUT2D eigenvalue weighted by Gasteiger charge is -2.00. The number of nitrogens with one attached hydrogen (secondary N) is 1. The minimum absolute atomic E-state index is 0.272. The topological polar surface area (TPSA) is 62.5 Å². The predicted molar refractivity (Wildman–Crippen MR) is 70.5 cm³/mol. The molecule has 2 N–H and O–H groups in total. The molecular weight excluding hydrogens is 236 g/mol. The Kier molecular flexibility index (Phi) is 4.63. The van der Waals surface area contributed by atoms with Crippen molar-refractivity contribution in [2.75, 3.05) is 30.0 Å². The van der Waals surface area contributed by atoms with Crippen LogP contribution in [0.3, 0.4) is 0 Å². The quantitative estimate of drug-likeness (QED) is 0.726. The zero-order valence-corrected chi connectivity index (χ0v) is 10.4. The Labute approximate surface area is 104 Å². The molecule has 0 atom stereocenters. The molecule has 0 aliphatic heterocycles. The summed E-state index contributed by atoms with van der Waals surface area (Å²) in [6.45, 7) is 1.11.